The molecule has 3 aliphatic heterocycles. The van der Waals surface area contributed by atoms with E-state index in [9.17, 15) is 18.9 Å². The Hall–Kier alpha value is -5.41. The molecule has 0 spiro atoms. The first kappa shape index (κ1) is 47.1. The van der Waals surface area contributed by atoms with Crippen molar-refractivity contribution in [3.63, 3.8) is 0 Å². The number of hydrogen-bond acceptors (Lipinski definition) is 13. The summed E-state index contributed by atoms with van der Waals surface area (Å²) in [6.07, 6.45) is 5.94. The van der Waals surface area contributed by atoms with E-state index >= 15 is 0 Å². The lowest BCUT2D eigenvalue weighted by molar-refractivity contribution is -0.136. The Morgan fingerprint density at radius 2 is 1.71 bits per heavy atom. The lowest BCUT2D eigenvalue weighted by Gasteiger charge is -2.35. The highest BCUT2D eigenvalue weighted by Gasteiger charge is 2.49. The first-order valence-electron chi connectivity index (χ1n) is 22.8. The second-order valence-electron chi connectivity index (χ2n) is 18.3. The Bertz CT molecular complexity index is 2740. The normalized spacial score (nSPS) is 17.6. The molecule has 1 unspecified atom stereocenters. The van der Waals surface area contributed by atoms with E-state index in [1.165, 1.54) is 11.3 Å². The fourth-order valence-corrected chi connectivity index (χ4v) is 11.2. The van der Waals surface area contributed by atoms with Crippen molar-refractivity contribution in [2.24, 2.45) is 0 Å². The number of hydrogen-bond donors (Lipinski definition) is 5. The Balaban J connectivity index is 0.837. The Morgan fingerprint density at radius 3 is 2.44 bits per heavy atom. The van der Waals surface area contributed by atoms with Crippen LogP contribution in [0.4, 0.5) is 34.5 Å². The van der Waals surface area contributed by atoms with Gasteiger partial charge in [-0.2, -0.15) is 4.98 Å². The second-order valence-corrected chi connectivity index (χ2v) is 22.3. The summed E-state index contributed by atoms with van der Waals surface area (Å²) >= 11 is 3.61. The van der Waals surface area contributed by atoms with Crippen molar-refractivity contribution in [3.8, 4) is 5.75 Å². The monoisotopic (exact) mass is 978 g/mol. The van der Waals surface area contributed by atoms with Crippen molar-refractivity contribution in [1.82, 2.24) is 30.9 Å². The average Bonchev–Trinajstić information content (AvgIpc) is 3.48. The van der Waals surface area contributed by atoms with Crippen LogP contribution in [0.5, 0.6) is 5.75 Å². The van der Waals surface area contributed by atoms with Crippen LogP contribution >= 0.6 is 23.1 Å². The topological polar surface area (TPSA) is 183 Å². The van der Waals surface area contributed by atoms with Gasteiger partial charge in [0.05, 0.1) is 33.9 Å². The van der Waals surface area contributed by atoms with Crippen molar-refractivity contribution in [2.45, 2.75) is 83.7 Å². The van der Waals surface area contributed by atoms with Gasteiger partial charge in [0.15, 0.2) is 0 Å². The minimum Gasteiger partial charge on any atom is -0.494 e. The van der Waals surface area contributed by atoms with E-state index in [1.807, 2.05) is 57.2 Å². The number of amides is 3. The maximum absolute atomic E-state index is 13.6. The molecular weight excluding hydrogens is 919 g/mol. The van der Waals surface area contributed by atoms with Crippen LogP contribution < -0.4 is 46.4 Å². The van der Waals surface area contributed by atoms with Gasteiger partial charge in [-0.25, -0.2) is 4.98 Å². The van der Waals surface area contributed by atoms with Crippen molar-refractivity contribution in [2.75, 3.05) is 73.6 Å². The Kier molecular flexibility index (Phi) is 13.9. The van der Waals surface area contributed by atoms with Crippen LogP contribution in [0.2, 0.25) is 0 Å². The highest BCUT2D eigenvalue weighted by molar-refractivity contribution is 9.10. The number of carbonyl (C=O) groups is 3. The molecule has 1 atom stereocenters. The fraction of sp³-hybridized carbons (Fsp3) is 0.429. The van der Waals surface area contributed by atoms with E-state index in [-0.39, 0.29) is 18.2 Å². The third-order valence-electron chi connectivity index (χ3n) is 13.0. The fourth-order valence-electron chi connectivity index (χ4n) is 9.45. The number of carbonyl (C=O) groups excluding carboxylic acids is 3. The van der Waals surface area contributed by atoms with Gasteiger partial charge in [-0.1, -0.05) is 25.1 Å². The highest BCUT2D eigenvalue weighted by atomic mass is 79.9. The van der Waals surface area contributed by atoms with Crippen LogP contribution in [0.15, 0.2) is 65.3 Å². The lowest BCUT2D eigenvalue weighted by Crippen LogP contribution is -2.55. The van der Waals surface area contributed by atoms with E-state index in [1.54, 1.807) is 31.5 Å². The van der Waals surface area contributed by atoms with Crippen LogP contribution in [0.3, 0.4) is 0 Å². The first-order chi connectivity index (χ1) is 31.5. The molecule has 2 fully saturated rings. The molecule has 3 aromatic carbocycles. The van der Waals surface area contributed by atoms with Gasteiger partial charge in [0, 0.05) is 78.7 Å². The van der Waals surface area contributed by atoms with E-state index in [0.717, 1.165) is 103 Å². The molecular formula is C49H60BrN10O5P. The number of methoxy groups -OCH3 is 1. The number of aryl methyl sites for hydroxylation is 2. The largest absolute Gasteiger partial charge is 0.494 e. The van der Waals surface area contributed by atoms with Crippen LogP contribution in [0.25, 0.3) is 10.9 Å². The number of rotatable bonds is 16. The van der Waals surface area contributed by atoms with Gasteiger partial charge in [-0.3, -0.25) is 29.6 Å². The van der Waals surface area contributed by atoms with Gasteiger partial charge in [0.25, 0.3) is 0 Å². The maximum atomic E-state index is 13.6. The summed E-state index contributed by atoms with van der Waals surface area (Å²) in [6.45, 7) is 15.8. The molecule has 15 nitrogen and oxygen atoms in total. The van der Waals surface area contributed by atoms with Crippen molar-refractivity contribution < 1.29 is 23.7 Å². The van der Waals surface area contributed by atoms with Gasteiger partial charge in [0.2, 0.25) is 23.7 Å². The number of piperidine rings is 2. The third-order valence-corrected chi connectivity index (χ3v) is 15.1. The van der Waals surface area contributed by atoms with E-state index in [2.05, 4.69) is 82.5 Å². The van der Waals surface area contributed by atoms with E-state index < -0.39 is 24.5 Å². The summed E-state index contributed by atoms with van der Waals surface area (Å²) < 4.78 is 20.2. The van der Waals surface area contributed by atoms with Gasteiger partial charge in [-0.05, 0) is 136 Å². The number of halogens is 1. The molecule has 8 rings (SSSR count). The molecule has 66 heavy (non-hydrogen) atoms. The predicted octanol–water partition coefficient (Wildman–Crippen LogP) is 7.22. The molecule has 0 aliphatic carbocycles. The smallest absolute Gasteiger partial charge is 0.249 e. The number of fused-ring (bicyclic) bond motifs is 2. The molecule has 5 N–H and O–H groups in total. The molecule has 5 aromatic rings. The zero-order valence-corrected chi connectivity index (χ0v) is 41.3. The average molecular weight is 980 g/mol. The summed E-state index contributed by atoms with van der Waals surface area (Å²) in [6, 6.07) is 17.8. The molecule has 3 amide bonds. The number of aromatic nitrogens is 3. The molecule has 2 aromatic heterocycles. The molecule has 5 heterocycles. The molecule has 0 radical (unpaired) electrons. The molecule has 17 heteroatoms. The summed E-state index contributed by atoms with van der Waals surface area (Å²) in [5, 5.41) is 18.1. The number of benzene rings is 3. The molecule has 348 valence electrons. The van der Waals surface area contributed by atoms with Crippen molar-refractivity contribution in [3.05, 3.63) is 87.7 Å². The minimum absolute atomic E-state index is 0.110. The quantitative estimate of drug-likeness (QED) is 0.0380. The van der Waals surface area contributed by atoms with Gasteiger partial charge in [0.1, 0.15) is 24.8 Å². The minimum atomic E-state index is -2.73. The van der Waals surface area contributed by atoms with Crippen LogP contribution in [-0.4, -0.2) is 97.9 Å². The van der Waals surface area contributed by atoms with Crippen LogP contribution in [-0.2, 0) is 37.2 Å². The zero-order valence-electron chi connectivity index (χ0n) is 38.8. The van der Waals surface area contributed by atoms with E-state index in [0.29, 0.717) is 40.1 Å². The standard InChI is InChI=1S/C49H60BrN10O5P/c1-8-31-26-38(56-48-53-28-35(50)45(58-48)55-37-13-12-36-33(11-9-29(2)54-36)44(37)66(6,7)64)42(65-5)27-41(31)59-23-18-32(19-24-59)52-22-21-51-20-17-30-10-14-39-34(25-30)49(3,4)47(63)60(39)40-15-16-43(61)57-46(40)62/h9-14,25-28,32,40,51-52H,8,15-24H2,1-7H3,(H,57,61,62)(H2,53,55,56,58). The van der Waals surface area contributed by atoms with Crippen molar-refractivity contribution >= 4 is 91.5 Å². The second kappa shape index (κ2) is 19.4. The number of anilines is 6. The number of nitrogens with zero attached hydrogens (tertiary/aromatic N) is 5. The summed E-state index contributed by atoms with van der Waals surface area (Å²) in [5.41, 5.74) is 7.59. The highest BCUT2D eigenvalue weighted by Crippen LogP contribution is 2.45. The van der Waals surface area contributed by atoms with Gasteiger partial charge < -0.3 is 35.5 Å². The first-order valence-corrected chi connectivity index (χ1v) is 26.2. The van der Waals surface area contributed by atoms with Gasteiger partial charge >= 0.3 is 0 Å². The van der Waals surface area contributed by atoms with E-state index in [4.69, 9.17) is 9.72 Å². The summed E-state index contributed by atoms with van der Waals surface area (Å²) in [4.78, 5) is 56.1. The predicted molar refractivity (Wildman–Crippen MR) is 267 cm³/mol. The number of imide groups is 1. The SMILES string of the molecule is CCc1cc(Nc2ncc(Br)c(Nc3ccc4nc(C)ccc4c3P(C)(C)=O)n2)c(OC)cc1N1CCC(NCCNCCc2ccc3c(c2)C(C)(C)C(=O)N3C2CCC(=O)NC2=O)CC1. The third kappa shape index (κ3) is 9.83. The summed E-state index contributed by atoms with van der Waals surface area (Å²) in [7, 11) is -1.05. The Morgan fingerprint density at radius 1 is 0.924 bits per heavy atom. The summed E-state index contributed by atoms with van der Waals surface area (Å²) in [5.74, 6) is 0.797. The number of pyridine rings is 1. The van der Waals surface area contributed by atoms with Crippen LogP contribution in [0.1, 0.15) is 68.8 Å². The van der Waals surface area contributed by atoms with Gasteiger partial charge in [-0.15, -0.1) is 0 Å². The number of nitrogens with one attached hydrogen (secondary N) is 5. The molecule has 2 saturated heterocycles. The van der Waals surface area contributed by atoms with Crippen LogP contribution in [0, 0.1) is 6.92 Å². The maximum Gasteiger partial charge on any atom is 0.249 e. The molecule has 0 bridgehead atoms. The zero-order chi connectivity index (χ0) is 46.9. The Labute approximate surface area is 395 Å². The molecule has 0 saturated carbocycles. The molecule has 3 aliphatic rings. The lowest BCUT2D eigenvalue weighted by atomic mass is 9.85. The number of ether oxygens (including phenoxy) is 1. The van der Waals surface area contributed by atoms with Crippen molar-refractivity contribution in [1.29, 1.82) is 0 Å².